The average molecular weight is 311 g/mol. The molecule has 0 saturated heterocycles. The Balaban J connectivity index is 2.37. The topological polar surface area (TPSA) is 37.3 Å². The van der Waals surface area contributed by atoms with E-state index in [1.807, 2.05) is 12.1 Å². The number of carboxylic acid groups (broad SMARTS) is 1. The van der Waals surface area contributed by atoms with E-state index in [-0.39, 0.29) is 0 Å². The normalized spacial score (nSPS) is 19.1. The minimum Gasteiger partial charge on any atom is -0.481 e. The molecule has 1 aliphatic carbocycles. The van der Waals surface area contributed by atoms with Gasteiger partial charge in [0.1, 0.15) is 0 Å². The monoisotopic (exact) mass is 310 g/mol. The highest BCUT2D eigenvalue weighted by atomic mass is 79.9. The third-order valence-electron chi connectivity index (χ3n) is 4.31. The first kappa shape index (κ1) is 13.6. The lowest BCUT2D eigenvalue weighted by atomic mass is 9.64. The van der Waals surface area contributed by atoms with Gasteiger partial charge in [0.2, 0.25) is 0 Å². The molecule has 0 bridgehead atoms. The Morgan fingerprint density at radius 2 is 2.17 bits per heavy atom. The van der Waals surface area contributed by atoms with E-state index in [4.69, 9.17) is 0 Å². The van der Waals surface area contributed by atoms with Crippen LogP contribution in [0.15, 0.2) is 22.7 Å². The second-order valence-electron chi connectivity index (χ2n) is 5.29. The Kier molecular flexibility index (Phi) is 3.81. The van der Waals surface area contributed by atoms with Gasteiger partial charge in [0, 0.05) is 4.47 Å². The molecule has 3 heteroatoms. The van der Waals surface area contributed by atoms with Crippen LogP contribution in [-0.2, 0) is 10.2 Å². The van der Waals surface area contributed by atoms with Crippen LogP contribution in [0.1, 0.15) is 56.6 Å². The minimum atomic E-state index is -0.683. The van der Waals surface area contributed by atoms with Crippen molar-refractivity contribution in [2.75, 3.05) is 0 Å². The van der Waals surface area contributed by atoms with Crippen LogP contribution in [0.4, 0.5) is 0 Å². The molecule has 0 radical (unpaired) electrons. The molecule has 2 rings (SSSR count). The number of rotatable bonds is 4. The van der Waals surface area contributed by atoms with Crippen LogP contribution in [0.2, 0.25) is 0 Å². The van der Waals surface area contributed by atoms with E-state index in [2.05, 4.69) is 35.8 Å². The summed E-state index contributed by atoms with van der Waals surface area (Å²) < 4.78 is 1.04. The molecule has 1 saturated carbocycles. The number of halogens is 1. The summed E-state index contributed by atoms with van der Waals surface area (Å²) in [5.41, 5.74) is 1.58. The minimum absolute atomic E-state index is 0.496. The number of carboxylic acids is 1. The van der Waals surface area contributed by atoms with Gasteiger partial charge < -0.3 is 5.11 Å². The van der Waals surface area contributed by atoms with E-state index < -0.39 is 11.4 Å². The fourth-order valence-electron chi connectivity index (χ4n) is 2.60. The molecule has 1 aromatic rings. The van der Waals surface area contributed by atoms with Crippen LogP contribution in [0, 0.1) is 0 Å². The predicted molar refractivity (Wildman–Crippen MR) is 76.0 cm³/mol. The third kappa shape index (κ3) is 2.09. The van der Waals surface area contributed by atoms with Gasteiger partial charge in [0.05, 0.1) is 5.41 Å². The second-order valence-corrected chi connectivity index (χ2v) is 6.14. The van der Waals surface area contributed by atoms with Crippen molar-refractivity contribution in [3.63, 3.8) is 0 Å². The molecule has 0 aromatic heterocycles. The zero-order chi connectivity index (χ0) is 13.3. The van der Waals surface area contributed by atoms with Crippen molar-refractivity contribution in [1.29, 1.82) is 0 Å². The molecule has 0 heterocycles. The van der Waals surface area contributed by atoms with E-state index in [9.17, 15) is 9.90 Å². The van der Waals surface area contributed by atoms with Gasteiger partial charge in [-0.2, -0.15) is 0 Å². The lowest BCUT2D eigenvalue weighted by Gasteiger charge is -2.38. The zero-order valence-corrected chi connectivity index (χ0v) is 12.5. The maximum absolute atomic E-state index is 11.5. The van der Waals surface area contributed by atoms with Gasteiger partial charge in [-0.05, 0) is 42.4 Å². The van der Waals surface area contributed by atoms with Crippen molar-refractivity contribution in [2.24, 2.45) is 0 Å². The number of aliphatic carboxylic acids is 1. The molecule has 1 aromatic carbocycles. The van der Waals surface area contributed by atoms with Crippen LogP contribution in [0.3, 0.4) is 0 Å². The summed E-state index contributed by atoms with van der Waals surface area (Å²) in [6.07, 6.45) is 3.62. The Morgan fingerprint density at radius 1 is 1.50 bits per heavy atom. The van der Waals surface area contributed by atoms with E-state index in [0.29, 0.717) is 5.92 Å². The molecule has 1 fully saturated rings. The summed E-state index contributed by atoms with van der Waals surface area (Å²) in [6, 6.07) is 6.09. The Hall–Kier alpha value is -0.830. The highest BCUT2D eigenvalue weighted by molar-refractivity contribution is 9.10. The van der Waals surface area contributed by atoms with Gasteiger partial charge in [0.15, 0.2) is 0 Å². The van der Waals surface area contributed by atoms with E-state index in [0.717, 1.165) is 35.7 Å². The number of hydrogen-bond acceptors (Lipinski definition) is 1. The SMILES string of the molecule is CCC(C)c1ccc(C2(C(=O)O)CCC2)cc1Br. The molecule has 0 amide bonds. The zero-order valence-electron chi connectivity index (χ0n) is 10.9. The van der Waals surface area contributed by atoms with Gasteiger partial charge in [-0.3, -0.25) is 4.79 Å². The molecule has 1 unspecified atom stereocenters. The molecule has 1 atom stereocenters. The number of hydrogen-bond donors (Lipinski definition) is 1. The molecule has 98 valence electrons. The molecule has 0 aliphatic heterocycles. The van der Waals surface area contributed by atoms with Crippen LogP contribution in [-0.4, -0.2) is 11.1 Å². The number of carbonyl (C=O) groups is 1. The summed E-state index contributed by atoms with van der Waals surface area (Å²) in [7, 11) is 0. The van der Waals surface area contributed by atoms with Crippen molar-refractivity contribution in [1.82, 2.24) is 0 Å². The van der Waals surface area contributed by atoms with Crippen molar-refractivity contribution in [2.45, 2.75) is 50.9 Å². The molecule has 0 spiro atoms. The summed E-state index contributed by atoms with van der Waals surface area (Å²) in [4.78, 5) is 11.5. The third-order valence-corrected chi connectivity index (χ3v) is 5.00. The van der Waals surface area contributed by atoms with Crippen LogP contribution in [0.5, 0.6) is 0 Å². The fourth-order valence-corrected chi connectivity index (χ4v) is 3.37. The van der Waals surface area contributed by atoms with Crippen molar-refractivity contribution < 1.29 is 9.90 Å². The Bertz CT molecular complexity index is 464. The van der Waals surface area contributed by atoms with Crippen molar-refractivity contribution >= 4 is 21.9 Å². The van der Waals surface area contributed by atoms with Gasteiger partial charge in [-0.25, -0.2) is 0 Å². The van der Waals surface area contributed by atoms with Gasteiger partial charge in [-0.15, -0.1) is 0 Å². The highest BCUT2D eigenvalue weighted by Gasteiger charge is 2.46. The number of benzene rings is 1. The summed E-state index contributed by atoms with van der Waals surface area (Å²) >= 11 is 3.59. The first-order valence-electron chi connectivity index (χ1n) is 6.54. The predicted octanol–water partition coefficient (Wildman–Crippen LogP) is 4.47. The first-order chi connectivity index (χ1) is 8.51. The summed E-state index contributed by atoms with van der Waals surface area (Å²) in [5, 5.41) is 9.44. The second kappa shape index (κ2) is 5.04. The average Bonchev–Trinajstić information content (AvgIpc) is 2.26. The van der Waals surface area contributed by atoms with Crippen molar-refractivity contribution in [3.05, 3.63) is 33.8 Å². The van der Waals surface area contributed by atoms with Crippen molar-refractivity contribution in [3.8, 4) is 0 Å². The smallest absolute Gasteiger partial charge is 0.314 e. The van der Waals surface area contributed by atoms with Gasteiger partial charge in [-0.1, -0.05) is 48.3 Å². The molecular weight excluding hydrogens is 292 g/mol. The van der Waals surface area contributed by atoms with Gasteiger partial charge >= 0.3 is 5.97 Å². The summed E-state index contributed by atoms with van der Waals surface area (Å²) in [6.45, 7) is 4.35. The molecule has 18 heavy (non-hydrogen) atoms. The Labute approximate surface area is 117 Å². The lowest BCUT2D eigenvalue weighted by Crippen LogP contribution is -2.42. The molecule has 1 N–H and O–H groups in total. The maximum atomic E-state index is 11.5. The standard InChI is InChI=1S/C15H19BrO2/c1-3-10(2)12-6-5-11(9-13(12)16)15(14(17)18)7-4-8-15/h5-6,9-10H,3-4,7-8H2,1-2H3,(H,17,18). The van der Waals surface area contributed by atoms with Crippen LogP contribution >= 0.6 is 15.9 Å². The molecule has 1 aliphatic rings. The van der Waals surface area contributed by atoms with E-state index >= 15 is 0 Å². The quantitative estimate of drug-likeness (QED) is 0.891. The lowest BCUT2D eigenvalue weighted by molar-refractivity contribution is -0.147. The van der Waals surface area contributed by atoms with Gasteiger partial charge in [0.25, 0.3) is 0 Å². The van der Waals surface area contributed by atoms with E-state index in [1.54, 1.807) is 0 Å². The molecule has 2 nitrogen and oxygen atoms in total. The first-order valence-corrected chi connectivity index (χ1v) is 7.34. The maximum Gasteiger partial charge on any atom is 0.314 e. The van der Waals surface area contributed by atoms with Crippen LogP contribution < -0.4 is 0 Å². The highest BCUT2D eigenvalue weighted by Crippen LogP contribution is 2.45. The summed E-state index contributed by atoms with van der Waals surface area (Å²) in [5.74, 6) is -0.187. The Morgan fingerprint density at radius 3 is 2.56 bits per heavy atom. The fraction of sp³-hybridized carbons (Fsp3) is 0.533. The van der Waals surface area contributed by atoms with E-state index in [1.165, 1.54) is 5.56 Å². The largest absolute Gasteiger partial charge is 0.481 e. The van der Waals surface area contributed by atoms with Crippen LogP contribution in [0.25, 0.3) is 0 Å². The molecular formula is C15H19BrO2.